The molecule has 0 saturated carbocycles. The molecule has 0 aliphatic carbocycles. The number of hydrogen-bond donors (Lipinski definition) is 0. The summed E-state index contributed by atoms with van der Waals surface area (Å²) < 4.78 is 5.70. The largest absolute Gasteiger partial charge is 0.355 e. The van der Waals surface area contributed by atoms with E-state index in [1.165, 1.54) is 16.7 Å². The zero-order valence-electron chi connectivity index (χ0n) is 13.9. The van der Waals surface area contributed by atoms with Gasteiger partial charge >= 0.3 is 0 Å². The van der Waals surface area contributed by atoms with E-state index in [4.69, 9.17) is 4.52 Å². The first kappa shape index (κ1) is 19.3. The molecule has 0 N–H and O–H groups in total. The van der Waals surface area contributed by atoms with Gasteiger partial charge in [-0.3, -0.25) is 0 Å². The molecule has 0 amide bonds. The average Bonchev–Trinajstić information content (AvgIpc) is 2.61. The molecule has 0 heterocycles. The van der Waals surface area contributed by atoms with Gasteiger partial charge in [-0.25, -0.2) is 0 Å². The summed E-state index contributed by atoms with van der Waals surface area (Å²) >= 11 is 0. The summed E-state index contributed by atoms with van der Waals surface area (Å²) in [6.45, 7) is 6.19. The van der Waals surface area contributed by atoms with Crippen molar-refractivity contribution in [3.05, 3.63) is 60.2 Å². The Morgan fingerprint density at radius 3 is 2.09 bits per heavy atom. The summed E-state index contributed by atoms with van der Waals surface area (Å²) in [6, 6.07) is 19.4. The standard InChI is InChI=1S/C17H22OP2.C2H6/c1-2-17(18-20-19)13-10-14-8-11-16(12-9-14)15-6-4-3-5-7-15;1-2/h3-9,11-12,17,20H,2,10,13,19H2,1H3;1-2H3. The Kier molecular flexibility index (Phi) is 10.3. The highest BCUT2D eigenvalue weighted by Crippen LogP contribution is 2.27. The van der Waals surface area contributed by atoms with E-state index in [0.717, 1.165) is 19.3 Å². The molecule has 0 bridgehead atoms. The van der Waals surface area contributed by atoms with Crippen LogP contribution in [0.1, 0.15) is 39.2 Å². The van der Waals surface area contributed by atoms with Gasteiger partial charge in [0.05, 0.1) is 6.10 Å². The lowest BCUT2D eigenvalue weighted by Crippen LogP contribution is -2.07. The minimum atomic E-state index is 0.389. The monoisotopic (exact) mass is 334 g/mol. The number of benzene rings is 2. The third-order valence-corrected chi connectivity index (χ3v) is 4.38. The normalized spacial score (nSPS) is 12.0. The molecular weight excluding hydrogens is 306 g/mol. The first-order valence-electron chi connectivity index (χ1n) is 8.09. The van der Waals surface area contributed by atoms with Crippen molar-refractivity contribution in [2.24, 2.45) is 0 Å². The molecule has 0 spiro atoms. The van der Waals surface area contributed by atoms with Gasteiger partial charge in [-0.15, -0.1) is 0 Å². The van der Waals surface area contributed by atoms with Crippen LogP contribution in [0.5, 0.6) is 0 Å². The quantitative estimate of drug-likeness (QED) is 0.526. The highest BCUT2D eigenvalue weighted by Gasteiger charge is 2.06. The van der Waals surface area contributed by atoms with Gasteiger partial charge in [-0.05, 0) is 36.0 Å². The Morgan fingerprint density at radius 1 is 0.955 bits per heavy atom. The van der Waals surface area contributed by atoms with E-state index < -0.39 is 0 Å². The second kappa shape index (κ2) is 11.8. The fraction of sp³-hybridized carbons (Fsp3) is 0.368. The van der Waals surface area contributed by atoms with Crippen LogP contribution >= 0.6 is 17.4 Å². The molecule has 0 saturated heterocycles. The van der Waals surface area contributed by atoms with Crippen molar-refractivity contribution in [2.45, 2.75) is 46.1 Å². The van der Waals surface area contributed by atoms with Crippen LogP contribution in [0.4, 0.5) is 0 Å². The first-order chi connectivity index (χ1) is 10.8. The summed E-state index contributed by atoms with van der Waals surface area (Å²) in [6.07, 6.45) is 3.66. The van der Waals surface area contributed by atoms with E-state index in [-0.39, 0.29) is 0 Å². The molecule has 0 aliphatic heterocycles. The molecule has 1 nitrogen and oxygen atoms in total. The Morgan fingerprint density at radius 2 is 1.55 bits per heavy atom. The van der Waals surface area contributed by atoms with Gasteiger partial charge in [-0.1, -0.05) is 84.3 Å². The molecule has 120 valence electrons. The zero-order valence-corrected chi connectivity index (χ0v) is 16.0. The fourth-order valence-electron chi connectivity index (χ4n) is 2.26. The number of hydrogen-bond acceptors (Lipinski definition) is 1. The number of aryl methyl sites for hydroxylation is 1. The Balaban J connectivity index is 0.00000116. The van der Waals surface area contributed by atoms with Crippen LogP contribution in [-0.4, -0.2) is 6.10 Å². The van der Waals surface area contributed by atoms with Gasteiger partial charge in [0.15, 0.2) is 0 Å². The maximum absolute atomic E-state index is 5.70. The van der Waals surface area contributed by atoms with Crippen LogP contribution in [0.15, 0.2) is 54.6 Å². The Hall–Kier alpha value is -0.740. The van der Waals surface area contributed by atoms with Gasteiger partial charge < -0.3 is 4.52 Å². The summed E-state index contributed by atoms with van der Waals surface area (Å²) in [5, 5.41) is 0. The molecule has 2 aromatic carbocycles. The Labute approximate surface area is 139 Å². The summed E-state index contributed by atoms with van der Waals surface area (Å²) in [5.74, 6) is 0. The van der Waals surface area contributed by atoms with Crippen molar-refractivity contribution in [3.63, 3.8) is 0 Å². The van der Waals surface area contributed by atoms with Crippen LogP contribution in [0.2, 0.25) is 0 Å². The molecule has 0 aromatic heterocycles. The lowest BCUT2D eigenvalue weighted by molar-refractivity contribution is 0.220. The van der Waals surface area contributed by atoms with Crippen molar-refractivity contribution in [1.82, 2.24) is 0 Å². The van der Waals surface area contributed by atoms with Crippen molar-refractivity contribution < 1.29 is 4.52 Å². The fourth-order valence-corrected chi connectivity index (χ4v) is 3.32. The highest BCUT2D eigenvalue weighted by atomic mass is 32.0. The first-order valence-corrected chi connectivity index (χ1v) is 10.8. The van der Waals surface area contributed by atoms with Gasteiger partial charge in [0.2, 0.25) is 0 Å². The smallest absolute Gasteiger partial charge is 0.0619 e. The molecular formula is C19H28OP2. The summed E-state index contributed by atoms with van der Waals surface area (Å²) in [5.41, 5.74) is 3.95. The third-order valence-electron chi connectivity index (χ3n) is 3.51. The van der Waals surface area contributed by atoms with Crippen molar-refractivity contribution in [3.8, 4) is 11.1 Å². The lowest BCUT2D eigenvalue weighted by atomic mass is 10.0. The molecule has 2 aromatic rings. The van der Waals surface area contributed by atoms with Gasteiger partial charge in [-0.2, -0.15) is 0 Å². The van der Waals surface area contributed by atoms with E-state index in [1.54, 1.807) is 0 Å². The Bertz CT molecular complexity index is 497. The second-order valence-corrected chi connectivity index (χ2v) is 6.05. The molecule has 2 rings (SSSR count). The summed E-state index contributed by atoms with van der Waals surface area (Å²) in [4.78, 5) is 0. The van der Waals surface area contributed by atoms with Gasteiger partial charge in [0, 0.05) is 8.50 Å². The molecule has 3 heteroatoms. The van der Waals surface area contributed by atoms with Crippen LogP contribution in [0.3, 0.4) is 0 Å². The second-order valence-electron chi connectivity index (χ2n) is 4.87. The van der Waals surface area contributed by atoms with Gasteiger partial charge in [0.25, 0.3) is 0 Å². The summed E-state index contributed by atoms with van der Waals surface area (Å²) in [7, 11) is 3.16. The molecule has 3 unspecified atom stereocenters. The molecule has 0 aliphatic rings. The highest BCUT2D eigenvalue weighted by molar-refractivity contribution is 8.00. The lowest BCUT2D eigenvalue weighted by Gasteiger charge is -2.14. The average molecular weight is 334 g/mol. The van der Waals surface area contributed by atoms with Crippen LogP contribution < -0.4 is 0 Å². The van der Waals surface area contributed by atoms with E-state index >= 15 is 0 Å². The van der Waals surface area contributed by atoms with Crippen molar-refractivity contribution >= 4 is 17.4 Å². The molecule has 22 heavy (non-hydrogen) atoms. The van der Waals surface area contributed by atoms with E-state index in [0.29, 0.717) is 14.6 Å². The minimum absolute atomic E-state index is 0.389. The van der Waals surface area contributed by atoms with Crippen LogP contribution in [0.25, 0.3) is 11.1 Å². The van der Waals surface area contributed by atoms with Crippen molar-refractivity contribution in [2.75, 3.05) is 0 Å². The predicted molar refractivity (Wildman–Crippen MR) is 105 cm³/mol. The number of rotatable bonds is 7. The maximum atomic E-state index is 5.70. The van der Waals surface area contributed by atoms with E-state index in [1.807, 2.05) is 13.8 Å². The van der Waals surface area contributed by atoms with Crippen LogP contribution in [-0.2, 0) is 10.9 Å². The predicted octanol–water partition coefficient (Wildman–Crippen LogP) is 6.49. The SMILES string of the molecule is CC.CCC(CCc1ccc(-c2ccccc2)cc1)OPP. The van der Waals surface area contributed by atoms with Gasteiger partial charge in [0.1, 0.15) is 0 Å². The molecule has 3 atom stereocenters. The molecule has 0 radical (unpaired) electrons. The third kappa shape index (κ3) is 6.57. The maximum Gasteiger partial charge on any atom is 0.0619 e. The topological polar surface area (TPSA) is 9.23 Å². The zero-order chi connectivity index (χ0) is 16.2. The minimum Gasteiger partial charge on any atom is -0.355 e. The van der Waals surface area contributed by atoms with Crippen molar-refractivity contribution in [1.29, 1.82) is 0 Å². The van der Waals surface area contributed by atoms with E-state index in [9.17, 15) is 0 Å². The van der Waals surface area contributed by atoms with E-state index in [2.05, 4.69) is 70.4 Å². The molecule has 0 fully saturated rings. The van der Waals surface area contributed by atoms with Crippen LogP contribution in [0, 0.1) is 0 Å².